The average Bonchev–Trinajstić information content (AvgIpc) is 2.44. The van der Waals surface area contributed by atoms with Gasteiger partial charge in [0.1, 0.15) is 0 Å². The van der Waals surface area contributed by atoms with E-state index in [0.29, 0.717) is 0 Å². The summed E-state index contributed by atoms with van der Waals surface area (Å²) in [5, 5.41) is 3.91. The minimum atomic E-state index is 0.720. The Morgan fingerprint density at radius 1 is 1.05 bits per heavy atom. The molecular formula is C19H29N. The Morgan fingerprint density at radius 2 is 1.75 bits per heavy atom. The molecule has 0 heterocycles. The SMILES string of the molecule is Cc1ccccc1C1CC(N[C@@H](C)C2CCCCC2)C1. The molecule has 0 bridgehead atoms. The molecule has 20 heavy (non-hydrogen) atoms. The van der Waals surface area contributed by atoms with E-state index in [1.54, 1.807) is 5.56 Å². The van der Waals surface area contributed by atoms with Crippen molar-refractivity contribution >= 4 is 0 Å². The highest BCUT2D eigenvalue weighted by Gasteiger charge is 2.33. The summed E-state index contributed by atoms with van der Waals surface area (Å²) in [6.07, 6.45) is 9.93. The van der Waals surface area contributed by atoms with E-state index < -0.39 is 0 Å². The predicted molar refractivity (Wildman–Crippen MR) is 86.1 cm³/mol. The lowest BCUT2D eigenvalue weighted by Crippen LogP contribution is -2.47. The third kappa shape index (κ3) is 3.09. The van der Waals surface area contributed by atoms with Crippen LogP contribution in [0.2, 0.25) is 0 Å². The first-order valence-corrected chi connectivity index (χ1v) is 8.55. The third-order valence-corrected chi connectivity index (χ3v) is 5.62. The summed E-state index contributed by atoms with van der Waals surface area (Å²) in [5.74, 6) is 1.73. The molecule has 0 saturated heterocycles. The van der Waals surface area contributed by atoms with Crippen LogP contribution in [0.25, 0.3) is 0 Å². The van der Waals surface area contributed by atoms with E-state index in [1.807, 2.05) is 0 Å². The van der Waals surface area contributed by atoms with E-state index in [0.717, 1.165) is 23.9 Å². The van der Waals surface area contributed by atoms with Gasteiger partial charge >= 0.3 is 0 Å². The normalized spacial score (nSPS) is 28.9. The highest BCUT2D eigenvalue weighted by Crippen LogP contribution is 2.39. The number of benzene rings is 1. The molecule has 0 unspecified atom stereocenters. The molecule has 0 aliphatic heterocycles. The Hall–Kier alpha value is -0.820. The number of aryl methyl sites for hydroxylation is 1. The molecular weight excluding hydrogens is 242 g/mol. The Morgan fingerprint density at radius 3 is 2.45 bits per heavy atom. The smallest absolute Gasteiger partial charge is 0.00813 e. The zero-order valence-electron chi connectivity index (χ0n) is 13.1. The summed E-state index contributed by atoms with van der Waals surface area (Å²) in [5.41, 5.74) is 3.05. The molecule has 2 fully saturated rings. The van der Waals surface area contributed by atoms with Crippen LogP contribution in [0, 0.1) is 12.8 Å². The lowest BCUT2D eigenvalue weighted by molar-refractivity contribution is 0.210. The van der Waals surface area contributed by atoms with Crippen molar-refractivity contribution in [1.82, 2.24) is 5.32 Å². The minimum Gasteiger partial charge on any atom is -0.311 e. The van der Waals surface area contributed by atoms with Crippen molar-refractivity contribution in [1.29, 1.82) is 0 Å². The number of rotatable bonds is 4. The first-order valence-electron chi connectivity index (χ1n) is 8.55. The maximum atomic E-state index is 3.91. The van der Waals surface area contributed by atoms with Gasteiger partial charge in [0.05, 0.1) is 0 Å². The van der Waals surface area contributed by atoms with E-state index in [-0.39, 0.29) is 0 Å². The van der Waals surface area contributed by atoms with Gasteiger partial charge in [0.2, 0.25) is 0 Å². The highest BCUT2D eigenvalue weighted by molar-refractivity contribution is 5.31. The highest BCUT2D eigenvalue weighted by atomic mass is 15.0. The summed E-state index contributed by atoms with van der Waals surface area (Å²) in [7, 11) is 0. The van der Waals surface area contributed by atoms with Gasteiger partial charge in [-0.25, -0.2) is 0 Å². The van der Waals surface area contributed by atoms with E-state index in [2.05, 4.69) is 43.4 Å². The van der Waals surface area contributed by atoms with Crippen LogP contribution in [0.4, 0.5) is 0 Å². The first-order chi connectivity index (χ1) is 9.74. The topological polar surface area (TPSA) is 12.0 Å². The Labute approximate surface area is 124 Å². The first kappa shape index (κ1) is 14.1. The van der Waals surface area contributed by atoms with Crippen LogP contribution < -0.4 is 5.32 Å². The lowest BCUT2D eigenvalue weighted by atomic mass is 9.73. The monoisotopic (exact) mass is 271 g/mol. The molecule has 0 aromatic heterocycles. The number of hydrogen-bond acceptors (Lipinski definition) is 1. The summed E-state index contributed by atoms with van der Waals surface area (Å²) in [6.45, 7) is 4.66. The van der Waals surface area contributed by atoms with Crippen LogP contribution in [-0.4, -0.2) is 12.1 Å². The quantitative estimate of drug-likeness (QED) is 0.829. The van der Waals surface area contributed by atoms with Crippen LogP contribution >= 0.6 is 0 Å². The van der Waals surface area contributed by atoms with Crippen molar-refractivity contribution < 1.29 is 0 Å². The van der Waals surface area contributed by atoms with Crippen molar-refractivity contribution in [2.75, 3.05) is 0 Å². The number of hydrogen-bond donors (Lipinski definition) is 1. The number of nitrogens with one attached hydrogen (secondary N) is 1. The molecule has 1 aromatic rings. The van der Waals surface area contributed by atoms with E-state index in [1.165, 1.54) is 50.5 Å². The Balaban J connectivity index is 1.47. The average molecular weight is 271 g/mol. The second kappa shape index (κ2) is 6.30. The summed E-state index contributed by atoms with van der Waals surface area (Å²) < 4.78 is 0. The standard InChI is InChI=1S/C19H29N/c1-14-8-6-7-11-19(14)17-12-18(13-17)20-15(2)16-9-4-3-5-10-16/h6-8,11,15-18,20H,3-5,9-10,12-13H2,1-2H3/t15-,17?,18?/m0/s1. The van der Waals surface area contributed by atoms with Gasteiger partial charge < -0.3 is 5.32 Å². The second-order valence-corrected chi connectivity index (χ2v) is 7.08. The Kier molecular flexibility index (Phi) is 4.45. The van der Waals surface area contributed by atoms with Crippen molar-refractivity contribution in [3.05, 3.63) is 35.4 Å². The molecule has 110 valence electrons. The molecule has 0 radical (unpaired) electrons. The van der Waals surface area contributed by atoms with Gasteiger partial charge in [-0.1, -0.05) is 43.5 Å². The maximum absolute atomic E-state index is 3.91. The van der Waals surface area contributed by atoms with Crippen LogP contribution in [-0.2, 0) is 0 Å². The third-order valence-electron chi connectivity index (χ3n) is 5.62. The van der Waals surface area contributed by atoms with Crippen LogP contribution in [0.5, 0.6) is 0 Å². The van der Waals surface area contributed by atoms with Gasteiger partial charge in [-0.3, -0.25) is 0 Å². The van der Waals surface area contributed by atoms with Crippen molar-refractivity contribution in [2.45, 2.75) is 76.8 Å². The Bertz CT molecular complexity index is 427. The van der Waals surface area contributed by atoms with Crippen LogP contribution in [0.15, 0.2) is 24.3 Å². The summed E-state index contributed by atoms with van der Waals surface area (Å²) >= 11 is 0. The molecule has 0 amide bonds. The fourth-order valence-corrected chi connectivity index (χ4v) is 4.19. The van der Waals surface area contributed by atoms with Crippen molar-refractivity contribution in [3.8, 4) is 0 Å². The molecule has 1 aromatic carbocycles. The maximum Gasteiger partial charge on any atom is 0.00813 e. The van der Waals surface area contributed by atoms with E-state index in [4.69, 9.17) is 0 Å². The minimum absolute atomic E-state index is 0.720. The van der Waals surface area contributed by atoms with Crippen LogP contribution in [0.3, 0.4) is 0 Å². The molecule has 1 nitrogen and oxygen atoms in total. The largest absolute Gasteiger partial charge is 0.311 e. The van der Waals surface area contributed by atoms with Gasteiger partial charge in [-0.2, -0.15) is 0 Å². The van der Waals surface area contributed by atoms with Gasteiger partial charge in [0.25, 0.3) is 0 Å². The molecule has 1 heteroatoms. The zero-order valence-corrected chi connectivity index (χ0v) is 13.1. The fraction of sp³-hybridized carbons (Fsp3) is 0.684. The van der Waals surface area contributed by atoms with Gasteiger partial charge in [-0.15, -0.1) is 0 Å². The van der Waals surface area contributed by atoms with Crippen LogP contribution in [0.1, 0.15) is 68.9 Å². The predicted octanol–water partition coefficient (Wildman–Crippen LogP) is 4.80. The van der Waals surface area contributed by atoms with Crippen molar-refractivity contribution in [3.63, 3.8) is 0 Å². The molecule has 2 saturated carbocycles. The molecule has 3 rings (SSSR count). The van der Waals surface area contributed by atoms with E-state index in [9.17, 15) is 0 Å². The summed E-state index contributed by atoms with van der Waals surface area (Å²) in [6, 6.07) is 10.4. The molecule has 2 aliphatic carbocycles. The fourth-order valence-electron chi connectivity index (χ4n) is 4.19. The van der Waals surface area contributed by atoms with Gasteiger partial charge in [0, 0.05) is 12.1 Å². The van der Waals surface area contributed by atoms with Gasteiger partial charge in [0.15, 0.2) is 0 Å². The van der Waals surface area contributed by atoms with Gasteiger partial charge in [-0.05, 0) is 62.5 Å². The van der Waals surface area contributed by atoms with Crippen molar-refractivity contribution in [2.24, 2.45) is 5.92 Å². The molecule has 0 spiro atoms. The zero-order chi connectivity index (χ0) is 13.9. The second-order valence-electron chi connectivity index (χ2n) is 7.08. The summed E-state index contributed by atoms with van der Waals surface area (Å²) in [4.78, 5) is 0. The van der Waals surface area contributed by atoms with E-state index >= 15 is 0 Å². The molecule has 2 aliphatic rings. The lowest BCUT2D eigenvalue weighted by Gasteiger charge is -2.41. The molecule has 1 N–H and O–H groups in total. The molecule has 1 atom stereocenters.